The Hall–Kier alpha value is -1.25. The van der Waals surface area contributed by atoms with Crippen molar-refractivity contribution < 1.29 is 13.2 Å². The number of sulfone groups is 1. The quantitative estimate of drug-likeness (QED) is 0.506. The molecule has 1 atom stereocenters. The molecule has 0 spiro atoms. The Balaban J connectivity index is 1.88. The van der Waals surface area contributed by atoms with E-state index in [9.17, 15) is 13.2 Å². The first-order chi connectivity index (χ1) is 13.7. The third kappa shape index (κ3) is 6.12. The number of nitrogens with zero attached hydrogens (tertiary/aromatic N) is 1. The zero-order valence-corrected chi connectivity index (χ0v) is 20.2. The van der Waals surface area contributed by atoms with Gasteiger partial charge in [0.2, 0.25) is 5.91 Å². The van der Waals surface area contributed by atoms with Crippen LogP contribution >= 0.6 is 31.9 Å². The lowest BCUT2D eigenvalue weighted by molar-refractivity contribution is -0.118. The number of aromatic nitrogens is 1. The Kier molecular flexibility index (Phi) is 7.51. The van der Waals surface area contributed by atoms with Crippen LogP contribution in [0.5, 0.6) is 0 Å². The van der Waals surface area contributed by atoms with Crippen molar-refractivity contribution in [3.63, 3.8) is 0 Å². The predicted molar refractivity (Wildman–Crippen MR) is 122 cm³/mol. The van der Waals surface area contributed by atoms with E-state index in [1.807, 2.05) is 6.07 Å². The highest BCUT2D eigenvalue weighted by Gasteiger charge is 2.27. The van der Waals surface area contributed by atoms with E-state index in [1.165, 1.54) is 25.5 Å². The number of hydrogen-bond acceptors (Lipinski definition) is 4. The number of hydrogen-bond donors (Lipinski definition) is 1. The van der Waals surface area contributed by atoms with Crippen LogP contribution in [0.15, 0.2) is 50.4 Å². The van der Waals surface area contributed by atoms with E-state index in [0.29, 0.717) is 16.2 Å². The second-order valence-electron chi connectivity index (χ2n) is 7.61. The normalized spacial score (nSPS) is 16.4. The van der Waals surface area contributed by atoms with Crippen LogP contribution in [0.3, 0.4) is 0 Å². The molecule has 0 bridgehead atoms. The van der Waals surface area contributed by atoms with Gasteiger partial charge in [0.15, 0.2) is 9.84 Å². The minimum Gasteiger partial charge on any atom is -0.310 e. The highest BCUT2D eigenvalue weighted by atomic mass is 79.9. The molecule has 1 aliphatic carbocycles. The van der Waals surface area contributed by atoms with Gasteiger partial charge in [-0.3, -0.25) is 4.79 Å². The monoisotopic (exact) mass is 542 g/mol. The van der Waals surface area contributed by atoms with Gasteiger partial charge in [-0.15, -0.1) is 0 Å². The van der Waals surface area contributed by atoms with Gasteiger partial charge < -0.3 is 5.32 Å². The van der Waals surface area contributed by atoms with Crippen molar-refractivity contribution >= 4 is 53.4 Å². The maximum absolute atomic E-state index is 13.2. The zero-order chi connectivity index (χ0) is 21.0. The van der Waals surface area contributed by atoms with Crippen molar-refractivity contribution in [3.05, 3.63) is 51.0 Å². The molecule has 1 unspecified atom stereocenters. The summed E-state index contributed by atoms with van der Waals surface area (Å²) in [5.74, 6) is 0.502. The van der Waals surface area contributed by atoms with Crippen LogP contribution in [0.2, 0.25) is 0 Å². The van der Waals surface area contributed by atoms with Gasteiger partial charge in [0.1, 0.15) is 5.82 Å². The van der Waals surface area contributed by atoms with Crippen molar-refractivity contribution in [3.8, 4) is 0 Å². The number of nitrogens with one attached hydrogen (secondary N) is 1. The summed E-state index contributed by atoms with van der Waals surface area (Å²) in [5, 5.41) is 2.92. The Morgan fingerprint density at radius 3 is 2.48 bits per heavy atom. The Bertz CT molecular complexity index is 972. The summed E-state index contributed by atoms with van der Waals surface area (Å²) in [4.78, 5) is 17.6. The highest BCUT2D eigenvalue weighted by molar-refractivity contribution is 9.10. The van der Waals surface area contributed by atoms with E-state index < -0.39 is 9.84 Å². The second-order valence-corrected chi connectivity index (χ2v) is 11.4. The Labute approximate surface area is 188 Å². The van der Waals surface area contributed by atoms with Crippen LogP contribution in [-0.4, -0.2) is 25.6 Å². The lowest BCUT2D eigenvalue weighted by atomic mass is 9.80. The molecule has 1 fully saturated rings. The third-order valence-electron chi connectivity index (χ3n) is 5.35. The van der Waals surface area contributed by atoms with E-state index in [-0.39, 0.29) is 16.7 Å². The van der Waals surface area contributed by atoms with E-state index in [0.717, 1.165) is 29.3 Å². The molecule has 1 saturated carbocycles. The second kappa shape index (κ2) is 9.71. The van der Waals surface area contributed by atoms with Crippen molar-refractivity contribution in [2.45, 2.75) is 49.3 Å². The molecule has 3 rings (SSSR count). The molecule has 1 aliphatic rings. The maximum Gasteiger partial charge on any atom is 0.233 e. The van der Waals surface area contributed by atoms with Crippen LogP contribution in [0.25, 0.3) is 0 Å². The summed E-state index contributed by atoms with van der Waals surface area (Å²) < 4.78 is 25.2. The molecular formula is C21H24Br2N2O3S. The summed E-state index contributed by atoms with van der Waals surface area (Å²) in [6.07, 6.45) is 9.47. The largest absolute Gasteiger partial charge is 0.310 e. The summed E-state index contributed by atoms with van der Waals surface area (Å²) in [5.41, 5.74) is 0.810. The van der Waals surface area contributed by atoms with Gasteiger partial charge >= 0.3 is 0 Å². The molecule has 1 heterocycles. The van der Waals surface area contributed by atoms with E-state index >= 15 is 0 Å². The number of halogens is 2. The number of carbonyl (C=O) groups is 1. The molecule has 1 aromatic carbocycles. The van der Waals surface area contributed by atoms with Gasteiger partial charge in [-0.2, -0.15) is 0 Å². The Morgan fingerprint density at radius 2 is 1.90 bits per heavy atom. The fraction of sp³-hybridized carbons (Fsp3) is 0.429. The van der Waals surface area contributed by atoms with Crippen LogP contribution in [-0.2, 0) is 14.6 Å². The van der Waals surface area contributed by atoms with Crippen LogP contribution in [0.4, 0.5) is 5.82 Å². The van der Waals surface area contributed by atoms with E-state index in [4.69, 9.17) is 0 Å². The smallest absolute Gasteiger partial charge is 0.233 e. The first kappa shape index (κ1) is 22.4. The first-order valence-electron chi connectivity index (χ1n) is 9.66. The molecular weight excluding hydrogens is 520 g/mol. The molecule has 29 heavy (non-hydrogen) atoms. The first-order valence-corrected chi connectivity index (χ1v) is 13.1. The van der Waals surface area contributed by atoms with Gasteiger partial charge in [-0.25, -0.2) is 13.4 Å². The lowest BCUT2D eigenvalue weighted by Crippen LogP contribution is -2.25. The molecule has 5 nitrogen and oxygen atoms in total. The van der Waals surface area contributed by atoms with Crippen LogP contribution < -0.4 is 5.32 Å². The average molecular weight is 544 g/mol. The van der Waals surface area contributed by atoms with Crippen LogP contribution in [0.1, 0.15) is 50.0 Å². The van der Waals surface area contributed by atoms with Crippen molar-refractivity contribution in [2.75, 3.05) is 11.6 Å². The third-order valence-corrected chi connectivity index (χ3v) is 7.89. The minimum atomic E-state index is -3.34. The standard InChI is InChI=1S/C21H24Br2N2O3S/c1-29(27,28)19-9-7-15(12-18(19)23)17(11-14-5-3-2-4-6-14)21(26)25-20-10-8-16(22)13-24-20/h7-10,12-14,17H,2-6,11H2,1H3,(H,24,25,26). The number of rotatable bonds is 6. The Morgan fingerprint density at radius 1 is 1.17 bits per heavy atom. The fourth-order valence-electron chi connectivity index (χ4n) is 3.85. The lowest BCUT2D eigenvalue weighted by Gasteiger charge is -2.26. The molecule has 2 aromatic rings. The van der Waals surface area contributed by atoms with Crippen molar-refractivity contribution in [1.29, 1.82) is 0 Å². The molecule has 8 heteroatoms. The molecule has 0 aliphatic heterocycles. The number of carbonyl (C=O) groups excluding carboxylic acids is 1. The number of pyridine rings is 1. The summed E-state index contributed by atoms with van der Waals surface area (Å²) in [6.45, 7) is 0. The molecule has 0 radical (unpaired) electrons. The van der Waals surface area contributed by atoms with Gasteiger partial charge in [0.25, 0.3) is 0 Å². The van der Waals surface area contributed by atoms with E-state index in [1.54, 1.807) is 30.5 Å². The van der Waals surface area contributed by atoms with Crippen molar-refractivity contribution in [2.24, 2.45) is 5.92 Å². The summed E-state index contributed by atoms with van der Waals surface area (Å²) in [6, 6.07) is 8.67. The number of anilines is 1. The van der Waals surface area contributed by atoms with Gasteiger partial charge in [-0.05, 0) is 74.0 Å². The molecule has 0 saturated heterocycles. The minimum absolute atomic E-state index is 0.121. The average Bonchev–Trinajstić information content (AvgIpc) is 2.67. The van der Waals surface area contributed by atoms with Gasteiger partial charge in [0, 0.05) is 21.4 Å². The number of amides is 1. The molecule has 1 aromatic heterocycles. The van der Waals surface area contributed by atoms with Crippen molar-refractivity contribution in [1.82, 2.24) is 4.98 Å². The summed E-state index contributed by atoms with van der Waals surface area (Å²) >= 11 is 6.72. The summed E-state index contributed by atoms with van der Waals surface area (Å²) in [7, 11) is -3.34. The van der Waals surface area contributed by atoms with Gasteiger partial charge in [0.05, 0.1) is 10.8 Å². The highest BCUT2D eigenvalue weighted by Crippen LogP contribution is 2.35. The number of benzene rings is 1. The fourth-order valence-corrected chi connectivity index (χ4v) is 6.09. The van der Waals surface area contributed by atoms with Gasteiger partial charge in [-0.1, -0.05) is 38.2 Å². The topological polar surface area (TPSA) is 76.1 Å². The maximum atomic E-state index is 13.2. The molecule has 1 N–H and O–H groups in total. The molecule has 156 valence electrons. The SMILES string of the molecule is CS(=O)(=O)c1ccc(C(CC2CCCCC2)C(=O)Nc2ccc(Br)cn2)cc1Br. The predicted octanol–water partition coefficient (Wildman–Crippen LogP) is 5.70. The van der Waals surface area contributed by atoms with E-state index in [2.05, 4.69) is 42.2 Å². The molecule has 1 amide bonds. The van der Waals surface area contributed by atoms with Crippen LogP contribution in [0, 0.1) is 5.92 Å². The zero-order valence-electron chi connectivity index (χ0n) is 16.2.